The molecular formula is C18H13BrCl2N4O. The van der Waals surface area contributed by atoms with E-state index in [1.165, 1.54) is 6.21 Å². The van der Waals surface area contributed by atoms with Gasteiger partial charge in [0, 0.05) is 21.8 Å². The number of carbonyl (C=O) groups excluding carboxylic acids is 1. The highest BCUT2D eigenvalue weighted by atomic mass is 79.9. The Morgan fingerprint density at radius 2 is 1.92 bits per heavy atom. The topological polar surface area (TPSA) is 59.3 Å². The van der Waals surface area contributed by atoms with E-state index in [1.807, 2.05) is 36.4 Å². The van der Waals surface area contributed by atoms with Gasteiger partial charge in [-0.25, -0.2) is 5.43 Å². The lowest BCUT2D eigenvalue weighted by Crippen LogP contribution is -2.19. The molecule has 0 saturated heterocycles. The first-order valence-corrected chi connectivity index (χ1v) is 9.13. The molecule has 8 heteroatoms. The Morgan fingerprint density at radius 3 is 2.65 bits per heavy atom. The lowest BCUT2D eigenvalue weighted by atomic mass is 10.2. The smallest absolute Gasteiger partial charge is 0.266 e. The molecule has 0 unspecified atom stereocenters. The molecule has 1 amide bonds. The molecule has 5 nitrogen and oxygen atoms in total. The highest BCUT2D eigenvalue weighted by molar-refractivity contribution is 9.10. The minimum Gasteiger partial charge on any atom is -0.266 e. The third-order valence-corrected chi connectivity index (χ3v) is 4.64. The number of carbonyl (C=O) groups is 1. The Balaban J connectivity index is 1.67. The van der Waals surface area contributed by atoms with Crippen molar-refractivity contribution in [2.45, 2.75) is 6.54 Å². The molecule has 0 fully saturated rings. The van der Waals surface area contributed by atoms with Crippen LogP contribution in [0.5, 0.6) is 0 Å². The average Bonchev–Trinajstić information content (AvgIpc) is 2.99. The number of nitrogens with one attached hydrogen (secondary N) is 1. The Kier molecular flexibility index (Phi) is 6.08. The van der Waals surface area contributed by atoms with Gasteiger partial charge < -0.3 is 0 Å². The molecule has 3 aromatic rings. The summed E-state index contributed by atoms with van der Waals surface area (Å²) in [6.45, 7) is 0.520. The minimum atomic E-state index is -0.421. The van der Waals surface area contributed by atoms with Crippen molar-refractivity contribution in [3.05, 3.63) is 86.1 Å². The summed E-state index contributed by atoms with van der Waals surface area (Å²) >= 11 is 15.3. The van der Waals surface area contributed by atoms with Gasteiger partial charge in [-0.3, -0.25) is 9.48 Å². The molecule has 0 aliphatic rings. The Morgan fingerprint density at radius 1 is 1.19 bits per heavy atom. The van der Waals surface area contributed by atoms with Gasteiger partial charge in [0.1, 0.15) is 0 Å². The van der Waals surface area contributed by atoms with E-state index in [9.17, 15) is 4.79 Å². The summed E-state index contributed by atoms with van der Waals surface area (Å²) in [7, 11) is 0. The summed E-state index contributed by atoms with van der Waals surface area (Å²) in [5, 5.41) is 9.45. The zero-order chi connectivity index (χ0) is 18.5. The monoisotopic (exact) mass is 450 g/mol. The van der Waals surface area contributed by atoms with Gasteiger partial charge in [0.15, 0.2) is 5.69 Å². The SMILES string of the molecule is O=C(NN=Cc1ccccc1Cl)c1nn(Cc2ccc(Cl)cc2)cc1Br. The zero-order valence-electron chi connectivity index (χ0n) is 13.4. The number of hydrogen-bond donors (Lipinski definition) is 1. The maximum Gasteiger partial charge on any atom is 0.293 e. The number of hydrogen-bond acceptors (Lipinski definition) is 3. The maximum atomic E-state index is 12.3. The second kappa shape index (κ2) is 8.49. The molecule has 0 aliphatic carbocycles. The fourth-order valence-corrected chi connectivity index (χ4v) is 3.01. The first-order valence-electron chi connectivity index (χ1n) is 7.58. The van der Waals surface area contributed by atoms with Gasteiger partial charge in [-0.05, 0) is 39.7 Å². The van der Waals surface area contributed by atoms with Crippen LogP contribution < -0.4 is 5.43 Å². The number of hydrazone groups is 1. The van der Waals surface area contributed by atoms with Crippen LogP contribution in [0.25, 0.3) is 0 Å². The van der Waals surface area contributed by atoms with Crippen molar-refractivity contribution in [3.63, 3.8) is 0 Å². The lowest BCUT2D eigenvalue weighted by molar-refractivity contribution is 0.0948. The molecular weight excluding hydrogens is 439 g/mol. The summed E-state index contributed by atoms with van der Waals surface area (Å²) < 4.78 is 2.25. The van der Waals surface area contributed by atoms with Gasteiger partial charge in [-0.2, -0.15) is 10.2 Å². The Labute approximate surface area is 168 Å². The normalized spacial score (nSPS) is 11.0. The van der Waals surface area contributed by atoms with Crippen LogP contribution >= 0.6 is 39.1 Å². The van der Waals surface area contributed by atoms with Crippen LogP contribution in [0.2, 0.25) is 10.0 Å². The molecule has 0 atom stereocenters. The van der Waals surface area contributed by atoms with Gasteiger partial charge in [-0.1, -0.05) is 53.5 Å². The van der Waals surface area contributed by atoms with E-state index in [-0.39, 0.29) is 5.69 Å². The van der Waals surface area contributed by atoms with Crippen molar-refractivity contribution in [3.8, 4) is 0 Å². The van der Waals surface area contributed by atoms with Crippen molar-refractivity contribution in [1.82, 2.24) is 15.2 Å². The fourth-order valence-electron chi connectivity index (χ4n) is 2.20. The van der Waals surface area contributed by atoms with Gasteiger partial charge in [0.2, 0.25) is 0 Å². The second-order valence-corrected chi connectivity index (χ2v) is 7.07. The molecule has 1 heterocycles. The van der Waals surface area contributed by atoms with Crippen LogP contribution in [-0.4, -0.2) is 21.9 Å². The number of amides is 1. The molecule has 0 bridgehead atoms. The van der Waals surface area contributed by atoms with Crippen molar-refractivity contribution < 1.29 is 4.79 Å². The molecule has 132 valence electrons. The van der Waals surface area contributed by atoms with Crippen LogP contribution in [0.3, 0.4) is 0 Å². The van der Waals surface area contributed by atoms with E-state index in [2.05, 4.69) is 31.6 Å². The van der Waals surface area contributed by atoms with Crippen LogP contribution in [0.1, 0.15) is 21.6 Å². The third-order valence-electron chi connectivity index (χ3n) is 3.46. The third kappa shape index (κ3) is 4.72. The van der Waals surface area contributed by atoms with E-state index in [0.29, 0.717) is 26.6 Å². The van der Waals surface area contributed by atoms with Gasteiger partial charge >= 0.3 is 0 Å². The largest absolute Gasteiger partial charge is 0.293 e. The van der Waals surface area contributed by atoms with Crippen LogP contribution in [0.15, 0.2) is 64.3 Å². The van der Waals surface area contributed by atoms with E-state index in [4.69, 9.17) is 23.2 Å². The number of nitrogens with zero attached hydrogens (tertiary/aromatic N) is 3. The lowest BCUT2D eigenvalue weighted by Gasteiger charge is -2.02. The maximum absolute atomic E-state index is 12.3. The predicted molar refractivity (Wildman–Crippen MR) is 107 cm³/mol. The summed E-state index contributed by atoms with van der Waals surface area (Å²) in [5.41, 5.74) is 4.43. The van der Waals surface area contributed by atoms with E-state index < -0.39 is 5.91 Å². The number of rotatable bonds is 5. The zero-order valence-corrected chi connectivity index (χ0v) is 16.5. The molecule has 1 N–H and O–H groups in total. The summed E-state index contributed by atoms with van der Waals surface area (Å²) in [4.78, 5) is 12.3. The van der Waals surface area contributed by atoms with Gasteiger partial charge in [0.25, 0.3) is 5.91 Å². The van der Waals surface area contributed by atoms with Crippen molar-refractivity contribution >= 4 is 51.3 Å². The highest BCUT2D eigenvalue weighted by Gasteiger charge is 2.15. The molecule has 0 saturated carbocycles. The number of aromatic nitrogens is 2. The summed E-state index contributed by atoms with van der Waals surface area (Å²) in [6, 6.07) is 14.7. The molecule has 3 rings (SSSR count). The van der Waals surface area contributed by atoms with E-state index in [0.717, 1.165) is 5.56 Å². The molecule has 0 radical (unpaired) electrons. The van der Waals surface area contributed by atoms with Crippen molar-refractivity contribution in [1.29, 1.82) is 0 Å². The Hall–Kier alpha value is -2.15. The van der Waals surface area contributed by atoms with Crippen molar-refractivity contribution in [2.75, 3.05) is 0 Å². The molecule has 1 aromatic heterocycles. The quantitative estimate of drug-likeness (QED) is 0.448. The molecule has 26 heavy (non-hydrogen) atoms. The molecule has 0 aliphatic heterocycles. The first-order chi connectivity index (χ1) is 12.5. The van der Waals surface area contributed by atoms with Gasteiger partial charge in [-0.15, -0.1) is 0 Å². The Bertz CT molecular complexity index is 954. The summed E-state index contributed by atoms with van der Waals surface area (Å²) in [6.07, 6.45) is 3.22. The van der Waals surface area contributed by atoms with E-state index in [1.54, 1.807) is 23.0 Å². The number of halogens is 3. The van der Waals surface area contributed by atoms with E-state index >= 15 is 0 Å². The van der Waals surface area contributed by atoms with Crippen LogP contribution in [0.4, 0.5) is 0 Å². The molecule has 0 spiro atoms. The first kappa shape index (κ1) is 18.6. The average molecular weight is 452 g/mol. The minimum absolute atomic E-state index is 0.246. The fraction of sp³-hybridized carbons (Fsp3) is 0.0556. The van der Waals surface area contributed by atoms with Gasteiger partial charge in [0.05, 0.1) is 17.2 Å². The highest BCUT2D eigenvalue weighted by Crippen LogP contribution is 2.17. The van der Waals surface area contributed by atoms with Crippen LogP contribution in [-0.2, 0) is 6.54 Å². The standard InChI is InChI=1S/C18H13BrCl2N4O/c19-15-11-25(10-12-5-7-14(20)8-6-12)24-17(15)18(26)23-22-9-13-3-1-2-4-16(13)21/h1-9,11H,10H2,(H,23,26). The number of benzene rings is 2. The predicted octanol–water partition coefficient (Wildman–Crippen LogP) is 4.76. The second-order valence-electron chi connectivity index (χ2n) is 5.37. The van der Waals surface area contributed by atoms with Crippen LogP contribution in [0, 0.1) is 0 Å². The van der Waals surface area contributed by atoms with Crippen molar-refractivity contribution in [2.24, 2.45) is 5.10 Å². The summed E-state index contributed by atoms with van der Waals surface area (Å²) in [5.74, 6) is -0.421. The molecule has 2 aromatic carbocycles.